The summed E-state index contributed by atoms with van der Waals surface area (Å²) in [4.78, 5) is 2.52. The molecule has 0 bridgehead atoms. The van der Waals surface area contributed by atoms with Crippen molar-refractivity contribution < 1.29 is 0 Å². The second kappa shape index (κ2) is 6.42. The number of fused-ring (bicyclic) bond motifs is 1. The fraction of sp³-hybridized carbons (Fsp3) is 0.412. The maximum Gasteiger partial charge on any atom is 0.0399 e. The first-order chi connectivity index (χ1) is 9.84. The molecule has 3 rings (SSSR count). The van der Waals surface area contributed by atoms with Crippen molar-refractivity contribution in [2.24, 2.45) is 0 Å². The van der Waals surface area contributed by atoms with Gasteiger partial charge in [-0.15, -0.1) is 0 Å². The normalized spacial score (nSPS) is 15.3. The zero-order valence-corrected chi connectivity index (χ0v) is 12.8. The fourth-order valence-corrected chi connectivity index (χ4v) is 3.62. The molecule has 0 spiro atoms. The first-order valence-corrected chi connectivity index (χ1v) is 8.37. The van der Waals surface area contributed by atoms with Crippen LogP contribution in [-0.2, 0) is 6.42 Å². The zero-order chi connectivity index (χ0) is 13.8. The van der Waals surface area contributed by atoms with E-state index in [-0.39, 0.29) is 0 Å². The van der Waals surface area contributed by atoms with Crippen LogP contribution >= 0.6 is 11.3 Å². The summed E-state index contributed by atoms with van der Waals surface area (Å²) in [5.74, 6) is 0. The van der Waals surface area contributed by atoms with Crippen LogP contribution in [0.5, 0.6) is 0 Å². The van der Waals surface area contributed by atoms with Crippen LogP contribution in [0.2, 0.25) is 0 Å². The number of nitrogens with zero attached hydrogens (tertiary/aromatic N) is 1. The van der Waals surface area contributed by atoms with Crippen molar-refractivity contribution in [1.82, 2.24) is 5.32 Å². The lowest BCUT2D eigenvalue weighted by molar-refractivity contribution is 0.557. The molecule has 1 aromatic heterocycles. The highest BCUT2D eigenvalue weighted by atomic mass is 32.1. The Bertz CT molecular complexity index is 536. The molecule has 1 aliphatic heterocycles. The van der Waals surface area contributed by atoms with E-state index in [0.717, 1.165) is 13.1 Å². The Kier molecular flexibility index (Phi) is 4.38. The number of nitrogens with one attached hydrogen (secondary N) is 1. The van der Waals surface area contributed by atoms with Crippen molar-refractivity contribution in [1.29, 1.82) is 0 Å². The Labute approximate surface area is 125 Å². The average molecular weight is 286 g/mol. The molecule has 2 heterocycles. The molecular weight excluding hydrogens is 264 g/mol. The summed E-state index contributed by atoms with van der Waals surface area (Å²) in [5, 5.41) is 7.99. The highest BCUT2D eigenvalue weighted by Crippen LogP contribution is 2.27. The predicted molar refractivity (Wildman–Crippen MR) is 87.7 cm³/mol. The van der Waals surface area contributed by atoms with Crippen LogP contribution in [0.25, 0.3) is 0 Å². The second-order valence-electron chi connectivity index (χ2n) is 5.45. The number of thiophene rings is 1. The van der Waals surface area contributed by atoms with Crippen LogP contribution in [0.1, 0.15) is 30.5 Å². The Balaban J connectivity index is 1.43. The number of rotatable bonds is 6. The standard InChI is InChI=1S/C17H22N2S/c1-14(16-8-12-20-13-16)18-9-4-10-19-11-7-15-5-2-3-6-17(15)19/h2-3,5-6,8,12-14,18H,4,7,9-11H2,1H3. The summed E-state index contributed by atoms with van der Waals surface area (Å²) >= 11 is 1.77. The van der Waals surface area contributed by atoms with Gasteiger partial charge in [-0.3, -0.25) is 0 Å². The van der Waals surface area contributed by atoms with E-state index in [0.29, 0.717) is 6.04 Å². The van der Waals surface area contributed by atoms with E-state index in [2.05, 4.69) is 58.2 Å². The summed E-state index contributed by atoms with van der Waals surface area (Å²) in [6.07, 6.45) is 2.40. The summed E-state index contributed by atoms with van der Waals surface area (Å²) in [6, 6.07) is 11.5. The molecule has 1 aliphatic rings. The maximum absolute atomic E-state index is 3.61. The lowest BCUT2D eigenvalue weighted by Crippen LogP contribution is -2.26. The molecular formula is C17H22N2S. The third kappa shape index (κ3) is 3.05. The minimum atomic E-state index is 0.465. The van der Waals surface area contributed by atoms with Gasteiger partial charge in [-0.05, 0) is 60.3 Å². The quantitative estimate of drug-likeness (QED) is 0.811. The minimum Gasteiger partial charge on any atom is -0.371 e. The molecule has 106 valence electrons. The number of benzene rings is 1. The predicted octanol–water partition coefficient (Wildman–Crippen LogP) is 3.85. The van der Waals surface area contributed by atoms with Gasteiger partial charge in [-0.1, -0.05) is 18.2 Å². The smallest absolute Gasteiger partial charge is 0.0399 e. The van der Waals surface area contributed by atoms with Gasteiger partial charge in [0.2, 0.25) is 0 Å². The van der Waals surface area contributed by atoms with Crippen molar-refractivity contribution in [3.63, 3.8) is 0 Å². The van der Waals surface area contributed by atoms with Gasteiger partial charge < -0.3 is 10.2 Å². The van der Waals surface area contributed by atoms with E-state index in [4.69, 9.17) is 0 Å². The zero-order valence-electron chi connectivity index (χ0n) is 12.0. The highest BCUT2D eigenvalue weighted by Gasteiger charge is 2.17. The van der Waals surface area contributed by atoms with Gasteiger partial charge in [0.15, 0.2) is 0 Å². The molecule has 0 saturated carbocycles. The molecule has 0 saturated heterocycles. The van der Waals surface area contributed by atoms with Crippen molar-refractivity contribution in [3.05, 3.63) is 52.2 Å². The summed E-state index contributed by atoms with van der Waals surface area (Å²) in [5.41, 5.74) is 4.35. The molecule has 1 aromatic carbocycles. The molecule has 0 fully saturated rings. The number of hydrogen-bond donors (Lipinski definition) is 1. The molecule has 0 aliphatic carbocycles. The van der Waals surface area contributed by atoms with E-state index < -0.39 is 0 Å². The molecule has 1 unspecified atom stereocenters. The van der Waals surface area contributed by atoms with Crippen LogP contribution in [0.15, 0.2) is 41.1 Å². The monoisotopic (exact) mass is 286 g/mol. The molecule has 3 heteroatoms. The number of anilines is 1. The minimum absolute atomic E-state index is 0.465. The topological polar surface area (TPSA) is 15.3 Å². The van der Waals surface area contributed by atoms with Crippen molar-refractivity contribution in [2.75, 3.05) is 24.5 Å². The highest BCUT2D eigenvalue weighted by molar-refractivity contribution is 7.07. The second-order valence-corrected chi connectivity index (χ2v) is 6.23. The van der Waals surface area contributed by atoms with Gasteiger partial charge in [0.25, 0.3) is 0 Å². The lowest BCUT2D eigenvalue weighted by Gasteiger charge is -2.20. The molecule has 2 nitrogen and oxygen atoms in total. The van der Waals surface area contributed by atoms with E-state index >= 15 is 0 Å². The van der Waals surface area contributed by atoms with E-state index in [9.17, 15) is 0 Å². The van der Waals surface area contributed by atoms with E-state index in [1.165, 1.54) is 36.2 Å². The van der Waals surface area contributed by atoms with Gasteiger partial charge in [0, 0.05) is 24.8 Å². The van der Waals surface area contributed by atoms with Crippen LogP contribution in [0.3, 0.4) is 0 Å². The van der Waals surface area contributed by atoms with E-state index in [1.54, 1.807) is 11.3 Å². The first-order valence-electron chi connectivity index (χ1n) is 7.43. The van der Waals surface area contributed by atoms with Crippen LogP contribution < -0.4 is 10.2 Å². The maximum atomic E-state index is 3.61. The summed E-state index contributed by atoms with van der Waals surface area (Å²) in [7, 11) is 0. The lowest BCUT2D eigenvalue weighted by atomic mass is 10.2. The SMILES string of the molecule is CC(NCCCN1CCc2ccccc21)c1ccsc1. The van der Waals surface area contributed by atoms with Gasteiger partial charge in [-0.25, -0.2) is 0 Å². The molecule has 0 amide bonds. The molecule has 20 heavy (non-hydrogen) atoms. The molecule has 0 radical (unpaired) electrons. The van der Waals surface area contributed by atoms with Crippen LogP contribution in [0, 0.1) is 0 Å². The van der Waals surface area contributed by atoms with Crippen molar-refractivity contribution >= 4 is 17.0 Å². The summed E-state index contributed by atoms with van der Waals surface area (Å²) < 4.78 is 0. The van der Waals surface area contributed by atoms with Crippen LogP contribution in [-0.4, -0.2) is 19.6 Å². The number of hydrogen-bond acceptors (Lipinski definition) is 3. The largest absolute Gasteiger partial charge is 0.371 e. The molecule has 2 aromatic rings. The van der Waals surface area contributed by atoms with Crippen LogP contribution in [0.4, 0.5) is 5.69 Å². The Morgan fingerprint density at radius 2 is 2.20 bits per heavy atom. The van der Waals surface area contributed by atoms with Gasteiger partial charge in [0.1, 0.15) is 0 Å². The third-order valence-electron chi connectivity index (χ3n) is 4.08. The Morgan fingerprint density at radius 1 is 1.30 bits per heavy atom. The average Bonchev–Trinajstić information content (AvgIpc) is 3.13. The number of para-hydroxylation sites is 1. The van der Waals surface area contributed by atoms with E-state index in [1.807, 2.05) is 0 Å². The first kappa shape index (κ1) is 13.7. The van der Waals surface area contributed by atoms with Crippen molar-refractivity contribution in [3.8, 4) is 0 Å². The Morgan fingerprint density at radius 3 is 3.05 bits per heavy atom. The Hall–Kier alpha value is -1.32. The van der Waals surface area contributed by atoms with Gasteiger partial charge in [-0.2, -0.15) is 11.3 Å². The van der Waals surface area contributed by atoms with Gasteiger partial charge >= 0.3 is 0 Å². The van der Waals surface area contributed by atoms with Crippen molar-refractivity contribution in [2.45, 2.75) is 25.8 Å². The summed E-state index contributed by atoms with van der Waals surface area (Å²) in [6.45, 7) is 5.66. The van der Waals surface area contributed by atoms with Gasteiger partial charge in [0.05, 0.1) is 0 Å². The fourth-order valence-electron chi connectivity index (χ4n) is 2.87. The third-order valence-corrected chi connectivity index (χ3v) is 4.78. The molecule has 1 atom stereocenters. The molecule has 1 N–H and O–H groups in total.